The summed E-state index contributed by atoms with van der Waals surface area (Å²) in [6, 6.07) is 4.93. The molecule has 126 valence electrons. The Kier molecular flexibility index (Phi) is 6.56. The number of hydrogen-bond donors (Lipinski definition) is 2. The highest BCUT2D eigenvalue weighted by Gasteiger charge is 2.22. The van der Waals surface area contributed by atoms with Crippen molar-refractivity contribution in [3.8, 4) is 0 Å². The normalized spacial score (nSPS) is 16.7. The highest BCUT2D eigenvalue weighted by atomic mass is 19.1. The fraction of sp³-hybridized carbons (Fsp3) is 0.556. The summed E-state index contributed by atoms with van der Waals surface area (Å²) in [5.74, 6) is -1.21. The fourth-order valence-corrected chi connectivity index (χ4v) is 3.21. The molecule has 1 fully saturated rings. The first kappa shape index (κ1) is 17.4. The predicted molar refractivity (Wildman–Crippen MR) is 85.5 cm³/mol. The molecule has 0 aromatic heterocycles. The summed E-state index contributed by atoms with van der Waals surface area (Å²) < 4.78 is 13.1. The lowest BCUT2D eigenvalue weighted by Crippen LogP contribution is -2.41. The molecule has 1 amide bonds. The van der Waals surface area contributed by atoms with E-state index in [0.29, 0.717) is 17.9 Å². The van der Waals surface area contributed by atoms with E-state index in [1.807, 2.05) is 0 Å². The molecule has 23 heavy (non-hydrogen) atoms. The van der Waals surface area contributed by atoms with Crippen molar-refractivity contribution in [3.63, 3.8) is 0 Å². The Morgan fingerprint density at radius 3 is 2.65 bits per heavy atom. The fourth-order valence-electron chi connectivity index (χ4n) is 3.21. The summed E-state index contributed by atoms with van der Waals surface area (Å²) in [5, 5.41) is 11.9. The molecule has 0 saturated heterocycles. The molecule has 0 aliphatic heterocycles. The average Bonchev–Trinajstić information content (AvgIpc) is 2.52. The lowest BCUT2D eigenvalue weighted by atomic mass is 9.85. The molecule has 1 saturated carbocycles. The molecule has 2 rings (SSSR count). The molecule has 0 heterocycles. The Labute approximate surface area is 136 Å². The molecule has 1 aliphatic rings. The monoisotopic (exact) mass is 321 g/mol. The van der Waals surface area contributed by atoms with Gasteiger partial charge in [0.15, 0.2) is 0 Å². The third-order valence-electron chi connectivity index (χ3n) is 4.48. The van der Waals surface area contributed by atoms with Crippen molar-refractivity contribution in [1.29, 1.82) is 0 Å². The summed E-state index contributed by atoms with van der Waals surface area (Å²) in [6.07, 6.45) is 7.29. The van der Waals surface area contributed by atoms with Gasteiger partial charge in [-0.15, -0.1) is 0 Å². The van der Waals surface area contributed by atoms with Crippen LogP contribution in [0.25, 0.3) is 0 Å². The number of carboxylic acid groups (broad SMARTS) is 1. The van der Waals surface area contributed by atoms with Crippen LogP contribution in [0.4, 0.5) is 4.39 Å². The van der Waals surface area contributed by atoms with E-state index in [0.717, 1.165) is 19.3 Å². The SMILES string of the molecule is O=C(Cc1cccc(F)c1)N[C@@H](CCC1CCCCC1)C(=O)O. The zero-order valence-electron chi connectivity index (χ0n) is 13.3. The average molecular weight is 321 g/mol. The van der Waals surface area contributed by atoms with Gasteiger partial charge in [0.1, 0.15) is 11.9 Å². The molecular formula is C18H24FNO3. The Morgan fingerprint density at radius 1 is 1.26 bits per heavy atom. The number of carbonyl (C=O) groups is 2. The van der Waals surface area contributed by atoms with E-state index in [4.69, 9.17) is 0 Å². The van der Waals surface area contributed by atoms with Crippen molar-refractivity contribution in [2.45, 2.75) is 57.4 Å². The van der Waals surface area contributed by atoms with Crippen LogP contribution in [0.1, 0.15) is 50.5 Å². The van der Waals surface area contributed by atoms with Crippen molar-refractivity contribution < 1.29 is 19.1 Å². The van der Waals surface area contributed by atoms with E-state index >= 15 is 0 Å². The topological polar surface area (TPSA) is 66.4 Å². The Morgan fingerprint density at radius 2 is 2.00 bits per heavy atom. The maximum atomic E-state index is 13.1. The molecule has 1 aromatic carbocycles. The molecule has 4 nitrogen and oxygen atoms in total. The van der Waals surface area contributed by atoms with Crippen LogP contribution in [0, 0.1) is 11.7 Å². The molecule has 2 N–H and O–H groups in total. The van der Waals surface area contributed by atoms with Gasteiger partial charge in [-0.3, -0.25) is 4.79 Å². The van der Waals surface area contributed by atoms with Crippen LogP contribution in [-0.4, -0.2) is 23.0 Å². The first-order valence-electron chi connectivity index (χ1n) is 8.31. The minimum absolute atomic E-state index is 0.00896. The number of benzene rings is 1. The maximum absolute atomic E-state index is 13.1. The van der Waals surface area contributed by atoms with Crippen molar-refractivity contribution in [2.24, 2.45) is 5.92 Å². The molecule has 0 unspecified atom stereocenters. The van der Waals surface area contributed by atoms with E-state index in [1.165, 1.54) is 37.5 Å². The quantitative estimate of drug-likeness (QED) is 0.810. The number of hydrogen-bond acceptors (Lipinski definition) is 2. The third-order valence-corrected chi connectivity index (χ3v) is 4.48. The standard InChI is InChI=1S/C18H24FNO3/c19-15-8-4-7-14(11-15)12-17(21)20-16(18(22)23)10-9-13-5-2-1-3-6-13/h4,7-8,11,13,16H,1-3,5-6,9-10,12H2,(H,20,21)(H,22,23)/t16-/m0/s1. The Balaban J connectivity index is 1.83. The molecule has 1 atom stereocenters. The van der Waals surface area contributed by atoms with E-state index in [9.17, 15) is 19.1 Å². The summed E-state index contributed by atoms with van der Waals surface area (Å²) in [5.41, 5.74) is 0.541. The van der Waals surface area contributed by atoms with Gasteiger partial charge in [-0.05, 0) is 36.5 Å². The zero-order valence-corrected chi connectivity index (χ0v) is 13.3. The van der Waals surface area contributed by atoms with Gasteiger partial charge in [0, 0.05) is 0 Å². The van der Waals surface area contributed by atoms with Crippen molar-refractivity contribution in [2.75, 3.05) is 0 Å². The minimum Gasteiger partial charge on any atom is -0.480 e. The van der Waals surface area contributed by atoms with Crippen molar-refractivity contribution in [1.82, 2.24) is 5.32 Å². The third kappa shape index (κ3) is 6.00. The van der Waals surface area contributed by atoms with Crippen LogP contribution < -0.4 is 5.32 Å². The largest absolute Gasteiger partial charge is 0.480 e. The van der Waals surface area contributed by atoms with Gasteiger partial charge in [0.2, 0.25) is 5.91 Å². The lowest BCUT2D eigenvalue weighted by Gasteiger charge is -2.23. The molecule has 1 aromatic rings. The van der Waals surface area contributed by atoms with Crippen LogP contribution in [0.3, 0.4) is 0 Å². The Bertz CT molecular complexity index is 541. The second kappa shape index (κ2) is 8.65. The zero-order chi connectivity index (χ0) is 16.7. The van der Waals surface area contributed by atoms with Gasteiger partial charge in [-0.1, -0.05) is 44.2 Å². The first-order valence-corrected chi connectivity index (χ1v) is 8.31. The van der Waals surface area contributed by atoms with E-state index < -0.39 is 17.8 Å². The van der Waals surface area contributed by atoms with Crippen LogP contribution in [-0.2, 0) is 16.0 Å². The lowest BCUT2D eigenvalue weighted by molar-refractivity contribution is -0.142. The van der Waals surface area contributed by atoms with Crippen molar-refractivity contribution >= 4 is 11.9 Å². The highest BCUT2D eigenvalue weighted by Crippen LogP contribution is 2.27. The molecule has 0 spiro atoms. The summed E-state index contributed by atoms with van der Waals surface area (Å²) >= 11 is 0. The smallest absolute Gasteiger partial charge is 0.326 e. The number of carboxylic acids is 1. The van der Waals surface area contributed by atoms with Gasteiger partial charge in [-0.2, -0.15) is 0 Å². The molecular weight excluding hydrogens is 297 g/mol. The second-order valence-electron chi connectivity index (χ2n) is 6.35. The van der Waals surface area contributed by atoms with Gasteiger partial charge in [0.25, 0.3) is 0 Å². The minimum atomic E-state index is -1.01. The van der Waals surface area contributed by atoms with Gasteiger partial charge >= 0.3 is 5.97 Å². The number of halogens is 1. The summed E-state index contributed by atoms with van der Waals surface area (Å²) in [4.78, 5) is 23.3. The molecule has 1 aliphatic carbocycles. The van der Waals surface area contributed by atoms with Crippen LogP contribution in [0.2, 0.25) is 0 Å². The number of aliphatic carboxylic acids is 1. The first-order chi connectivity index (χ1) is 11.0. The van der Waals surface area contributed by atoms with E-state index in [2.05, 4.69) is 5.32 Å². The molecule has 0 bridgehead atoms. The van der Waals surface area contributed by atoms with E-state index in [1.54, 1.807) is 6.07 Å². The molecule has 0 radical (unpaired) electrons. The second-order valence-corrected chi connectivity index (χ2v) is 6.35. The van der Waals surface area contributed by atoms with Crippen LogP contribution >= 0.6 is 0 Å². The van der Waals surface area contributed by atoms with Gasteiger partial charge in [0.05, 0.1) is 6.42 Å². The predicted octanol–water partition coefficient (Wildman–Crippen LogP) is 3.30. The number of nitrogens with one attached hydrogen (secondary N) is 1. The van der Waals surface area contributed by atoms with Gasteiger partial charge in [-0.25, -0.2) is 9.18 Å². The van der Waals surface area contributed by atoms with Gasteiger partial charge < -0.3 is 10.4 Å². The van der Waals surface area contributed by atoms with Crippen LogP contribution in [0.15, 0.2) is 24.3 Å². The summed E-state index contributed by atoms with van der Waals surface area (Å²) in [7, 11) is 0. The van der Waals surface area contributed by atoms with Crippen LogP contribution in [0.5, 0.6) is 0 Å². The number of carbonyl (C=O) groups excluding carboxylic acids is 1. The highest BCUT2D eigenvalue weighted by molar-refractivity contribution is 5.84. The molecule has 5 heteroatoms. The van der Waals surface area contributed by atoms with Crippen molar-refractivity contribution in [3.05, 3.63) is 35.6 Å². The maximum Gasteiger partial charge on any atom is 0.326 e. The number of rotatable bonds is 7. The Hall–Kier alpha value is -1.91. The van der Waals surface area contributed by atoms with E-state index in [-0.39, 0.29) is 12.3 Å². The number of amides is 1. The summed E-state index contributed by atoms with van der Waals surface area (Å²) in [6.45, 7) is 0.